The van der Waals surface area contributed by atoms with E-state index >= 15 is 0 Å². The highest BCUT2D eigenvalue weighted by Gasteiger charge is 2.16. The minimum Gasteiger partial charge on any atom is -0.346 e. The summed E-state index contributed by atoms with van der Waals surface area (Å²) in [6, 6.07) is 18.9. The molecule has 2 aromatic heterocycles. The number of pyridine rings is 1. The molecule has 1 N–H and O–H groups in total. The highest BCUT2D eigenvalue weighted by atomic mass is 16.1. The molecule has 0 fully saturated rings. The first-order valence-corrected chi connectivity index (χ1v) is 9.86. The maximum absolute atomic E-state index is 12.7. The van der Waals surface area contributed by atoms with Crippen molar-refractivity contribution < 1.29 is 9.59 Å². The van der Waals surface area contributed by atoms with Gasteiger partial charge in [-0.05, 0) is 44.5 Å². The molecule has 5 nitrogen and oxygen atoms in total. The average Bonchev–Trinajstić information content (AvgIpc) is 3.10. The summed E-state index contributed by atoms with van der Waals surface area (Å²) >= 11 is 0. The van der Waals surface area contributed by atoms with Gasteiger partial charge in [-0.25, -0.2) is 4.98 Å². The predicted octanol–water partition coefficient (Wildman–Crippen LogP) is 4.75. The fraction of sp³-hybridized carbons (Fsp3) is 0.160. The van der Waals surface area contributed by atoms with E-state index < -0.39 is 0 Å². The Kier molecular flexibility index (Phi) is 5.19. The Hall–Kier alpha value is -3.73. The van der Waals surface area contributed by atoms with Crippen molar-refractivity contribution in [1.82, 2.24) is 14.7 Å². The highest BCUT2D eigenvalue weighted by molar-refractivity contribution is 5.97. The van der Waals surface area contributed by atoms with Gasteiger partial charge in [0, 0.05) is 22.9 Å². The molecule has 4 rings (SSSR count). The van der Waals surface area contributed by atoms with Gasteiger partial charge in [0.1, 0.15) is 5.65 Å². The second kappa shape index (κ2) is 7.95. The Bertz CT molecular complexity index is 1240. The van der Waals surface area contributed by atoms with E-state index in [0.717, 1.165) is 28.2 Å². The number of imidazole rings is 1. The summed E-state index contributed by atoms with van der Waals surface area (Å²) < 4.78 is 2.03. The van der Waals surface area contributed by atoms with Gasteiger partial charge in [0.05, 0.1) is 17.9 Å². The van der Waals surface area contributed by atoms with Crippen molar-refractivity contribution in [3.05, 3.63) is 94.8 Å². The van der Waals surface area contributed by atoms with Crippen LogP contribution < -0.4 is 5.32 Å². The molecule has 0 saturated carbocycles. The van der Waals surface area contributed by atoms with E-state index in [9.17, 15) is 9.59 Å². The standard InChI is InChI=1S/C25H23N3O2/c1-16-4-7-20(8-5-16)24-22(28-15-17(2)6-13-23(28)27-24)14-26-25(30)21-11-9-19(10-12-21)18(3)29/h4-13,15H,14H2,1-3H3,(H,26,30). The number of hydrogen-bond donors (Lipinski definition) is 1. The van der Waals surface area contributed by atoms with Crippen LogP contribution in [0.2, 0.25) is 0 Å². The van der Waals surface area contributed by atoms with Crippen molar-refractivity contribution in [2.45, 2.75) is 27.3 Å². The molecule has 4 aromatic rings. The van der Waals surface area contributed by atoms with Crippen LogP contribution in [0, 0.1) is 13.8 Å². The normalized spacial score (nSPS) is 10.9. The maximum Gasteiger partial charge on any atom is 0.251 e. The van der Waals surface area contributed by atoms with Crippen molar-refractivity contribution in [3.63, 3.8) is 0 Å². The number of nitrogens with zero attached hydrogens (tertiary/aromatic N) is 2. The number of nitrogens with one attached hydrogen (secondary N) is 1. The van der Waals surface area contributed by atoms with Crippen LogP contribution in [0.1, 0.15) is 44.5 Å². The lowest BCUT2D eigenvalue weighted by atomic mass is 10.1. The monoisotopic (exact) mass is 397 g/mol. The molecule has 0 aliphatic rings. The van der Waals surface area contributed by atoms with Crippen molar-refractivity contribution in [2.75, 3.05) is 0 Å². The molecule has 2 aromatic carbocycles. The molecule has 0 aliphatic heterocycles. The number of fused-ring (bicyclic) bond motifs is 1. The Labute approximate surface area is 175 Å². The topological polar surface area (TPSA) is 63.5 Å². The zero-order valence-electron chi connectivity index (χ0n) is 17.3. The molecule has 0 bridgehead atoms. The molecule has 0 atom stereocenters. The molecule has 150 valence electrons. The Morgan fingerprint density at radius 1 is 0.867 bits per heavy atom. The second-order valence-electron chi connectivity index (χ2n) is 7.52. The Morgan fingerprint density at radius 2 is 1.50 bits per heavy atom. The van der Waals surface area contributed by atoms with E-state index in [-0.39, 0.29) is 11.7 Å². The molecule has 1 amide bonds. The summed E-state index contributed by atoms with van der Waals surface area (Å²) in [6.45, 7) is 5.93. The van der Waals surface area contributed by atoms with Gasteiger partial charge in [0.25, 0.3) is 5.91 Å². The van der Waals surface area contributed by atoms with Crippen LogP contribution in [-0.2, 0) is 6.54 Å². The van der Waals surface area contributed by atoms with Crippen LogP contribution >= 0.6 is 0 Å². The molecule has 0 aliphatic carbocycles. The maximum atomic E-state index is 12.7. The minimum absolute atomic E-state index is 0.0224. The van der Waals surface area contributed by atoms with Gasteiger partial charge >= 0.3 is 0 Å². The van der Waals surface area contributed by atoms with Crippen molar-refractivity contribution in [1.29, 1.82) is 0 Å². The quantitative estimate of drug-likeness (QED) is 0.494. The zero-order chi connectivity index (χ0) is 21.3. The van der Waals surface area contributed by atoms with Crippen LogP contribution in [0.15, 0.2) is 66.9 Å². The number of hydrogen-bond acceptors (Lipinski definition) is 3. The number of Topliss-reactive ketones (excluding diaryl/α,β-unsaturated/α-hetero) is 1. The van der Waals surface area contributed by atoms with Crippen LogP contribution in [0.4, 0.5) is 0 Å². The van der Waals surface area contributed by atoms with E-state index in [4.69, 9.17) is 4.98 Å². The lowest BCUT2D eigenvalue weighted by Gasteiger charge is -2.09. The number of rotatable bonds is 5. The van der Waals surface area contributed by atoms with Crippen LogP contribution in [0.25, 0.3) is 16.9 Å². The summed E-state index contributed by atoms with van der Waals surface area (Å²) in [5.74, 6) is -0.214. The van der Waals surface area contributed by atoms with E-state index in [1.54, 1.807) is 24.3 Å². The largest absolute Gasteiger partial charge is 0.346 e. The number of benzene rings is 2. The third-order valence-corrected chi connectivity index (χ3v) is 5.16. The smallest absolute Gasteiger partial charge is 0.251 e. The summed E-state index contributed by atoms with van der Waals surface area (Å²) in [5, 5.41) is 3.00. The van der Waals surface area contributed by atoms with Gasteiger partial charge in [-0.2, -0.15) is 0 Å². The molecule has 0 unspecified atom stereocenters. The second-order valence-corrected chi connectivity index (χ2v) is 7.52. The van der Waals surface area contributed by atoms with Gasteiger partial charge in [0.15, 0.2) is 5.78 Å². The SMILES string of the molecule is CC(=O)c1ccc(C(=O)NCc2c(-c3ccc(C)cc3)nc3ccc(C)cn23)cc1. The van der Waals surface area contributed by atoms with E-state index in [1.807, 2.05) is 29.7 Å². The highest BCUT2D eigenvalue weighted by Crippen LogP contribution is 2.25. The summed E-state index contributed by atoms with van der Waals surface area (Å²) in [6.07, 6.45) is 2.03. The van der Waals surface area contributed by atoms with Crippen molar-refractivity contribution >= 4 is 17.3 Å². The molecular formula is C25H23N3O2. The summed E-state index contributed by atoms with van der Waals surface area (Å²) in [7, 11) is 0. The van der Waals surface area contributed by atoms with Gasteiger partial charge < -0.3 is 9.72 Å². The van der Waals surface area contributed by atoms with E-state index in [0.29, 0.717) is 17.7 Å². The first kappa shape index (κ1) is 19.6. The lowest BCUT2D eigenvalue weighted by molar-refractivity contribution is 0.0948. The zero-order valence-corrected chi connectivity index (χ0v) is 17.3. The van der Waals surface area contributed by atoms with Crippen LogP contribution in [0.3, 0.4) is 0 Å². The van der Waals surface area contributed by atoms with Gasteiger partial charge in [-0.15, -0.1) is 0 Å². The molecular weight excluding hydrogens is 374 g/mol. The Morgan fingerprint density at radius 3 is 2.17 bits per heavy atom. The number of aromatic nitrogens is 2. The average molecular weight is 397 g/mol. The van der Waals surface area contributed by atoms with Crippen LogP contribution in [-0.4, -0.2) is 21.1 Å². The molecule has 30 heavy (non-hydrogen) atoms. The number of ketones is 1. The fourth-order valence-electron chi connectivity index (χ4n) is 3.43. The molecule has 5 heteroatoms. The minimum atomic E-state index is -0.192. The van der Waals surface area contributed by atoms with Gasteiger partial charge in [0.2, 0.25) is 0 Å². The predicted molar refractivity (Wildman–Crippen MR) is 118 cm³/mol. The number of carbonyl (C=O) groups is 2. The number of amides is 1. The number of carbonyl (C=O) groups excluding carboxylic acids is 2. The number of aryl methyl sites for hydroxylation is 2. The molecule has 0 spiro atoms. The van der Waals surface area contributed by atoms with Crippen molar-refractivity contribution in [2.24, 2.45) is 0 Å². The molecule has 2 heterocycles. The molecule has 0 saturated heterocycles. The third kappa shape index (κ3) is 3.87. The van der Waals surface area contributed by atoms with E-state index in [2.05, 4.69) is 36.5 Å². The molecule has 0 radical (unpaired) electrons. The van der Waals surface area contributed by atoms with E-state index in [1.165, 1.54) is 12.5 Å². The van der Waals surface area contributed by atoms with Gasteiger partial charge in [-0.1, -0.05) is 48.0 Å². The third-order valence-electron chi connectivity index (χ3n) is 5.16. The Balaban J connectivity index is 1.66. The first-order valence-electron chi connectivity index (χ1n) is 9.86. The van der Waals surface area contributed by atoms with Crippen LogP contribution in [0.5, 0.6) is 0 Å². The fourth-order valence-corrected chi connectivity index (χ4v) is 3.43. The summed E-state index contributed by atoms with van der Waals surface area (Å²) in [4.78, 5) is 28.9. The summed E-state index contributed by atoms with van der Waals surface area (Å²) in [5.41, 5.74) is 7.03. The first-order chi connectivity index (χ1) is 14.4. The van der Waals surface area contributed by atoms with Gasteiger partial charge in [-0.3, -0.25) is 9.59 Å². The van der Waals surface area contributed by atoms with Crippen molar-refractivity contribution in [3.8, 4) is 11.3 Å². The lowest BCUT2D eigenvalue weighted by Crippen LogP contribution is -2.24.